The second-order valence-electron chi connectivity index (χ2n) is 6.65. The summed E-state index contributed by atoms with van der Waals surface area (Å²) in [6, 6.07) is 11.1. The zero-order valence-electron chi connectivity index (χ0n) is 16.3. The number of furan rings is 1. The summed E-state index contributed by atoms with van der Waals surface area (Å²) >= 11 is 6.12. The highest BCUT2D eigenvalue weighted by atomic mass is 35.5. The molecular formula is C21H16ClN5O4. The largest absolute Gasteiger partial charge is 0.467 e. The SMILES string of the molecule is Cc1cccn2c(=O)c(C=Nc3ccc([N+](=O)[O-])cc3Cl)c(NCc3ccco3)nc12. The molecular weight excluding hydrogens is 422 g/mol. The molecule has 10 heteroatoms. The first-order valence-corrected chi connectivity index (χ1v) is 9.58. The quantitative estimate of drug-likeness (QED) is 0.269. The molecule has 3 heterocycles. The van der Waals surface area contributed by atoms with E-state index in [1.807, 2.05) is 13.0 Å². The first-order chi connectivity index (χ1) is 14.9. The Labute approximate surface area is 180 Å². The Kier molecular flexibility index (Phi) is 5.50. The zero-order valence-corrected chi connectivity index (χ0v) is 17.0. The van der Waals surface area contributed by atoms with Crippen molar-refractivity contribution in [2.75, 3.05) is 5.32 Å². The maximum Gasteiger partial charge on any atom is 0.271 e. The van der Waals surface area contributed by atoms with E-state index in [2.05, 4.69) is 15.3 Å². The monoisotopic (exact) mass is 437 g/mol. The van der Waals surface area contributed by atoms with E-state index in [4.69, 9.17) is 16.0 Å². The van der Waals surface area contributed by atoms with E-state index in [1.165, 1.54) is 28.8 Å². The summed E-state index contributed by atoms with van der Waals surface area (Å²) in [6.07, 6.45) is 4.54. The first kappa shape index (κ1) is 20.3. The maximum atomic E-state index is 13.2. The number of fused-ring (bicyclic) bond motifs is 1. The molecule has 1 N–H and O–H groups in total. The highest BCUT2D eigenvalue weighted by Crippen LogP contribution is 2.29. The number of nitro benzene ring substituents is 1. The van der Waals surface area contributed by atoms with Crippen LogP contribution in [0, 0.1) is 17.0 Å². The molecule has 0 spiro atoms. The fourth-order valence-corrected chi connectivity index (χ4v) is 3.22. The minimum atomic E-state index is -0.544. The van der Waals surface area contributed by atoms with Gasteiger partial charge in [0.1, 0.15) is 22.8 Å². The Morgan fingerprint density at radius 3 is 2.87 bits per heavy atom. The van der Waals surface area contributed by atoms with Crippen molar-refractivity contribution in [3.63, 3.8) is 0 Å². The summed E-state index contributed by atoms with van der Waals surface area (Å²) in [5.74, 6) is 1.01. The average molecular weight is 438 g/mol. The number of hydrogen-bond acceptors (Lipinski definition) is 7. The molecule has 3 aromatic heterocycles. The van der Waals surface area contributed by atoms with Gasteiger partial charge in [-0.05, 0) is 36.8 Å². The third-order valence-electron chi connectivity index (χ3n) is 4.57. The van der Waals surface area contributed by atoms with Crippen LogP contribution in [0.2, 0.25) is 5.02 Å². The van der Waals surface area contributed by atoms with E-state index in [-0.39, 0.29) is 27.5 Å². The van der Waals surface area contributed by atoms with Crippen molar-refractivity contribution in [2.24, 2.45) is 4.99 Å². The van der Waals surface area contributed by atoms with Crippen LogP contribution in [0.1, 0.15) is 16.9 Å². The molecule has 4 aromatic rings. The fourth-order valence-electron chi connectivity index (χ4n) is 2.99. The van der Waals surface area contributed by atoms with Crippen LogP contribution in [0.15, 0.2) is 69.1 Å². The number of anilines is 1. The number of hydrogen-bond donors (Lipinski definition) is 1. The lowest BCUT2D eigenvalue weighted by atomic mass is 10.2. The topological polar surface area (TPSA) is 115 Å². The van der Waals surface area contributed by atoms with Gasteiger partial charge in [0, 0.05) is 24.5 Å². The molecule has 0 aliphatic carbocycles. The second kappa shape index (κ2) is 8.41. The molecule has 1 aromatic carbocycles. The van der Waals surface area contributed by atoms with Crippen LogP contribution >= 0.6 is 11.6 Å². The zero-order chi connectivity index (χ0) is 22.0. The predicted molar refractivity (Wildman–Crippen MR) is 118 cm³/mol. The third-order valence-corrected chi connectivity index (χ3v) is 4.87. The minimum Gasteiger partial charge on any atom is -0.467 e. The van der Waals surface area contributed by atoms with Gasteiger partial charge in [0.15, 0.2) is 0 Å². The highest BCUT2D eigenvalue weighted by molar-refractivity contribution is 6.33. The number of aromatic nitrogens is 2. The molecule has 0 fully saturated rings. The van der Waals surface area contributed by atoms with Gasteiger partial charge in [0.05, 0.1) is 28.4 Å². The molecule has 4 rings (SSSR count). The van der Waals surface area contributed by atoms with Crippen molar-refractivity contribution in [3.8, 4) is 0 Å². The number of pyridine rings is 1. The first-order valence-electron chi connectivity index (χ1n) is 9.20. The van der Waals surface area contributed by atoms with Gasteiger partial charge < -0.3 is 9.73 Å². The van der Waals surface area contributed by atoms with Crippen molar-refractivity contribution in [2.45, 2.75) is 13.5 Å². The Balaban J connectivity index is 1.78. The van der Waals surface area contributed by atoms with Crippen molar-refractivity contribution < 1.29 is 9.34 Å². The average Bonchev–Trinajstić information content (AvgIpc) is 3.27. The van der Waals surface area contributed by atoms with Crippen molar-refractivity contribution >= 4 is 40.7 Å². The van der Waals surface area contributed by atoms with E-state index in [1.54, 1.807) is 30.7 Å². The number of halogens is 1. The summed E-state index contributed by atoms with van der Waals surface area (Å²) in [6.45, 7) is 2.18. The number of nitrogens with one attached hydrogen (secondary N) is 1. The van der Waals surface area contributed by atoms with Gasteiger partial charge in [-0.1, -0.05) is 17.7 Å². The molecule has 0 radical (unpaired) electrons. The molecule has 0 aliphatic rings. The number of nitro groups is 1. The van der Waals surface area contributed by atoms with Crippen LogP contribution < -0.4 is 10.9 Å². The molecule has 9 nitrogen and oxygen atoms in total. The van der Waals surface area contributed by atoms with Crippen LogP contribution in [0.25, 0.3) is 5.65 Å². The Bertz CT molecular complexity index is 1360. The second-order valence-corrected chi connectivity index (χ2v) is 7.06. The van der Waals surface area contributed by atoms with Gasteiger partial charge >= 0.3 is 0 Å². The van der Waals surface area contributed by atoms with Crippen molar-refractivity contribution in [1.29, 1.82) is 0 Å². The Morgan fingerprint density at radius 1 is 1.32 bits per heavy atom. The molecule has 0 atom stereocenters. The van der Waals surface area contributed by atoms with Gasteiger partial charge in [-0.15, -0.1) is 0 Å². The number of aryl methyl sites for hydroxylation is 1. The number of benzene rings is 1. The predicted octanol–water partition coefficient (Wildman–Crippen LogP) is 4.52. The minimum absolute atomic E-state index is 0.0974. The normalized spacial score (nSPS) is 11.3. The molecule has 156 valence electrons. The molecule has 0 unspecified atom stereocenters. The fraction of sp³-hybridized carbons (Fsp3) is 0.0952. The maximum absolute atomic E-state index is 13.2. The summed E-state index contributed by atoms with van der Waals surface area (Å²) < 4.78 is 6.77. The molecule has 0 saturated carbocycles. The molecule has 0 amide bonds. The highest BCUT2D eigenvalue weighted by Gasteiger charge is 2.14. The van der Waals surface area contributed by atoms with Crippen LogP contribution in [0.4, 0.5) is 17.2 Å². The molecule has 0 aliphatic heterocycles. The van der Waals surface area contributed by atoms with Gasteiger partial charge in [-0.25, -0.2) is 4.98 Å². The van der Waals surface area contributed by atoms with Crippen LogP contribution in [0.5, 0.6) is 0 Å². The van der Waals surface area contributed by atoms with Gasteiger partial charge in [0.25, 0.3) is 11.2 Å². The summed E-state index contributed by atoms with van der Waals surface area (Å²) in [4.78, 5) is 32.4. The van der Waals surface area contributed by atoms with E-state index < -0.39 is 4.92 Å². The summed E-state index contributed by atoms with van der Waals surface area (Å²) in [7, 11) is 0. The summed E-state index contributed by atoms with van der Waals surface area (Å²) in [5.41, 5.74) is 1.38. The lowest BCUT2D eigenvalue weighted by molar-refractivity contribution is -0.384. The molecule has 0 bridgehead atoms. The Morgan fingerprint density at radius 2 is 2.16 bits per heavy atom. The number of rotatable bonds is 6. The Hall–Kier alpha value is -3.98. The standard InChI is InChI=1S/C21H16ClN5O4/c1-13-4-2-8-26-20(13)25-19(24-11-15-5-3-9-31-15)16(21(26)28)12-23-18-7-6-14(27(29)30)10-17(18)22/h2-10,12,24H,11H2,1H3. The lowest BCUT2D eigenvalue weighted by Gasteiger charge is -2.11. The summed E-state index contributed by atoms with van der Waals surface area (Å²) in [5, 5.41) is 14.1. The number of non-ortho nitro benzene ring substituents is 1. The third kappa shape index (κ3) is 4.17. The van der Waals surface area contributed by atoms with Crippen LogP contribution in [-0.4, -0.2) is 20.5 Å². The van der Waals surface area contributed by atoms with Crippen molar-refractivity contribution in [1.82, 2.24) is 9.38 Å². The van der Waals surface area contributed by atoms with Crippen LogP contribution in [-0.2, 0) is 6.54 Å². The van der Waals surface area contributed by atoms with E-state index in [0.717, 1.165) is 5.56 Å². The molecule has 0 saturated heterocycles. The van der Waals surface area contributed by atoms with Crippen LogP contribution in [0.3, 0.4) is 0 Å². The smallest absolute Gasteiger partial charge is 0.271 e. The number of nitrogens with zero attached hydrogens (tertiary/aromatic N) is 4. The van der Waals surface area contributed by atoms with Gasteiger partial charge in [0.2, 0.25) is 0 Å². The van der Waals surface area contributed by atoms with Gasteiger partial charge in [-0.2, -0.15) is 0 Å². The van der Waals surface area contributed by atoms with E-state index in [0.29, 0.717) is 23.8 Å². The molecule has 31 heavy (non-hydrogen) atoms. The lowest BCUT2D eigenvalue weighted by Crippen LogP contribution is -2.22. The van der Waals surface area contributed by atoms with Gasteiger partial charge in [-0.3, -0.25) is 24.3 Å². The van der Waals surface area contributed by atoms with E-state index >= 15 is 0 Å². The van der Waals surface area contributed by atoms with E-state index in [9.17, 15) is 14.9 Å². The number of aliphatic imine (C=N–C) groups is 1. The van der Waals surface area contributed by atoms with Crippen molar-refractivity contribution in [3.05, 3.63) is 97.3 Å².